The first-order valence-electron chi connectivity index (χ1n) is 7.06. The van der Waals surface area contributed by atoms with Crippen molar-refractivity contribution < 1.29 is 0 Å². The smallest absolute Gasteiger partial charge is 0.0389 e. The Morgan fingerprint density at radius 1 is 1.06 bits per heavy atom. The van der Waals surface area contributed by atoms with Crippen molar-refractivity contribution in [1.29, 1.82) is 0 Å². The van der Waals surface area contributed by atoms with Crippen LogP contribution in [0.15, 0.2) is 28.8 Å². The van der Waals surface area contributed by atoms with Gasteiger partial charge in [-0.2, -0.15) is 0 Å². The van der Waals surface area contributed by atoms with Crippen LogP contribution in [0.3, 0.4) is 0 Å². The molecule has 0 radical (unpaired) electrons. The van der Waals surface area contributed by atoms with Crippen molar-refractivity contribution in [3.05, 3.63) is 23.8 Å². The van der Waals surface area contributed by atoms with E-state index in [0.717, 1.165) is 6.54 Å². The van der Waals surface area contributed by atoms with Crippen molar-refractivity contribution in [1.82, 2.24) is 0 Å². The zero-order chi connectivity index (χ0) is 14.2. The van der Waals surface area contributed by atoms with Crippen molar-refractivity contribution in [2.24, 2.45) is 15.8 Å². The molecule has 0 heterocycles. The van der Waals surface area contributed by atoms with E-state index in [9.17, 15) is 0 Å². The van der Waals surface area contributed by atoms with Crippen LogP contribution in [-0.4, -0.2) is 12.8 Å². The highest BCUT2D eigenvalue weighted by Crippen LogP contribution is 2.27. The molecule has 0 rings (SSSR count). The second-order valence-corrected chi connectivity index (χ2v) is 6.98. The van der Waals surface area contributed by atoms with Crippen LogP contribution in [0.25, 0.3) is 0 Å². The lowest BCUT2D eigenvalue weighted by Crippen LogP contribution is -2.09. The van der Waals surface area contributed by atoms with Gasteiger partial charge in [-0.25, -0.2) is 0 Å². The van der Waals surface area contributed by atoms with Gasteiger partial charge in [0.05, 0.1) is 0 Å². The van der Waals surface area contributed by atoms with Gasteiger partial charge in [0.25, 0.3) is 0 Å². The molecule has 0 atom stereocenters. The van der Waals surface area contributed by atoms with Crippen LogP contribution in [0.1, 0.15) is 61.3 Å². The van der Waals surface area contributed by atoms with E-state index in [0.29, 0.717) is 0 Å². The van der Waals surface area contributed by atoms with Gasteiger partial charge in [-0.3, -0.25) is 4.99 Å². The minimum atomic E-state index is 0.165. The van der Waals surface area contributed by atoms with Crippen LogP contribution >= 0.6 is 0 Å². The SMILES string of the molecule is CCCCN=C/C=C(\C=C/C(C)(C)C)C(C)(C)C. The Labute approximate surface area is 114 Å². The van der Waals surface area contributed by atoms with Gasteiger partial charge in [0.15, 0.2) is 0 Å². The summed E-state index contributed by atoms with van der Waals surface area (Å²) in [7, 11) is 0. The Hall–Kier alpha value is -0.850. The van der Waals surface area contributed by atoms with Gasteiger partial charge >= 0.3 is 0 Å². The Morgan fingerprint density at radius 3 is 2.11 bits per heavy atom. The normalized spacial score (nSPS) is 14.9. The number of hydrogen-bond donors (Lipinski definition) is 0. The van der Waals surface area contributed by atoms with Crippen LogP contribution in [0.2, 0.25) is 0 Å². The van der Waals surface area contributed by atoms with Gasteiger partial charge in [0.1, 0.15) is 0 Å². The first-order valence-corrected chi connectivity index (χ1v) is 7.06. The molecule has 1 nitrogen and oxygen atoms in total. The van der Waals surface area contributed by atoms with Gasteiger partial charge in [0, 0.05) is 12.8 Å². The number of nitrogens with zero attached hydrogens (tertiary/aromatic N) is 1. The Kier molecular flexibility index (Phi) is 7.20. The number of rotatable bonds is 5. The van der Waals surface area contributed by atoms with Gasteiger partial charge < -0.3 is 0 Å². The van der Waals surface area contributed by atoms with E-state index in [1.165, 1.54) is 18.4 Å². The van der Waals surface area contributed by atoms with E-state index < -0.39 is 0 Å². The monoisotopic (exact) mass is 249 g/mol. The molecule has 18 heavy (non-hydrogen) atoms. The van der Waals surface area contributed by atoms with Gasteiger partial charge in [-0.05, 0) is 28.9 Å². The largest absolute Gasteiger partial charge is 0.293 e. The molecule has 0 aromatic carbocycles. The van der Waals surface area contributed by atoms with Gasteiger partial charge in [-0.1, -0.05) is 67.0 Å². The molecule has 0 amide bonds. The molecular weight excluding hydrogens is 218 g/mol. The van der Waals surface area contributed by atoms with Crippen molar-refractivity contribution >= 4 is 6.21 Å². The number of hydrogen-bond acceptors (Lipinski definition) is 1. The maximum atomic E-state index is 4.42. The summed E-state index contributed by atoms with van der Waals surface area (Å²) in [5.74, 6) is 0. The Bertz CT molecular complexity index is 305. The third-order valence-corrected chi connectivity index (χ3v) is 2.63. The number of aliphatic imine (C=N–C) groups is 1. The molecule has 1 heteroatoms. The predicted octanol–water partition coefficient (Wildman–Crippen LogP) is 5.43. The third kappa shape index (κ3) is 9.21. The average Bonchev–Trinajstić information content (AvgIpc) is 2.18. The highest BCUT2D eigenvalue weighted by atomic mass is 14.7. The summed E-state index contributed by atoms with van der Waals surface area (Å²) in [6.07, 6.45) is 11.0. The summed E-state index contributed by atoms with van der Waals surface area (Å²) in [5, 5.41) is 0. The zero-order valence-electron chi connectivity index (χ0n) is 13.4. The van der Waals surface area contributed by atoms with E-state index in [2.05, 4.69) is 71.7 Å². The third-order valence-electron chi connectivity index (χ3n) is 2.63. The van der Waals surface area contributed by atoms with E-state index in [4.69, 9.17) is 0 Å². The van der Waals surface area contributed by atoms with Gasteiger partial charge in [0.2, 0.25) is 0 Å². The molecule has 0 aromatic rings. The van der Waals surface area contributed by atoms with E-state index in [-0.39, 0.29) is 10.8 Å². The van der Waals surface area contributed by atoms with Crippen LogP contribution in [0.5, 0.6) is 0 Å². The standard InChI is InChI=1S/C17H31N/c1-8-9-13-18-14-11-15(17(5,6)7)10-12-16(2,3)4/h10-12,14H,8-9,13H2,1-7H3/b12-10-,15-11+,18-14?. The van der Waals surface area contributed by atoms with Crippen molar-refractivity contribution in [2.75, 3.05) is 6.54 Å². The molecule has 0 aromatic heterocycles. The Morgan fingerprint density at radius 2 is 1.67 bits per heavy atom. The van der Waals surface area contributed by atoms with Crippen LogP contribution < -0.4 is 0 Å². The molecule has 0 N–H and O–H groups in total. The van der Waals surface area contributed by atoms with E-state index >= 15 is 0 Å². The fourth-order valence-electron chi connectivity index (χ4n) is 1.35. The second kappa shape index (κ2) is 7.56. The molecule has 0 bridgehead atoms. The summed E-state index contributed by atoms with van der Waals surface area (Å²) in [6, 6.07) is 0. The fraction of sp³-hybridized carbons (Fsp3) is 0.706. The lowest BCUT2D eigenvalue weighted by atomic mass is 9.84. The maximum Gasteiger partial charge on any atom is 0.0389 e. The molecule has 0 spiro atoms. The summed E-state index contributed by atoms with van der Waals surface area (Å²) in [6.45, 7) is 16.5. The van der Waals surface area contributed by atoms with E-state index in [1.54, 1.807) is 0 Å². The molecule has 0 saturated heterocycles. The zero-order valence-corrected chi connectivity index (χ0v) is 13.4. The minimum Gasteiger partial charge on any atom is -0.293 e. The summed E-state index contributed by atoms with van der Waals surface area (Å²) < 4.78 is 0. The molecule has 0 aliphatic heterocycles. The lowest BCUT2D eigenvalue weighted by Gasteiger charge is -2.21. The van der Waals surface area contributed by atoms with Crippen molar-refractivity contribution in [3.63, 3.8) is 0 Å². The summed E-state index contributed by atoms with van der Waals surface area (Å²) in [4.78, 5) is 4.42. The first kappa shape index (κ1) is 17.2. The molecule has 0 aliphatic carbocycles. The lowest BCUT2D eigenvalue weighted by molar-refractivity contribution is 0.509. The second-order valence-electron chi connectivity index (χ2n) is 6.98. The first-order chi connectivity index (χ1) is 8.17. The van der Waals surface area contributed by atoms with Crippen molar-refractivity contribution in [3.8, 4) is 0 Å². The summed E-state index contributed by atoms with van der Waals surface area (Å²) in [5.41, 5.74) is 1.72. The van der Waals surface area contributed by atoms with Crippen LogP contribution in [0.4, 0.5) is 0 Å². The molecular formula is C17H31N. The maximum absolute atomic E-state index is 4.42. The van der Waals surface area contributed by atoms with Crippen LogP contribution in [-0.2, 0) is 0 Å². The molecule has 104 valence electrons. The minimum absolute atomic E-state index is 0.165. The fourth-order valence-corrected chi connectivity index (χ4v) is 1.35. The Balaban J connectivity index is 4.76. The molecule has 0 aliphatic rings. The predicted molar refractivity (Wildman–Crippen MR) is 84.4 cm³/mol. The summed E-state index contributed by atoms with van der Waals surface area (Å²) >= 11 is 0. The number of unbranched alkanes of at least 4 members (excludes halogenated alkanes) is 1. The molecule has 0 unspecified atom stereocenters. The van der Waals surface area contributed by atoms with Crippen LogP contribution in [0, 0.1) is 10.8 Å². The quantitative estimate of drug-likeness (QED) is 0.350. The van der Waals surface area contributed by atoms with Crippen molar-refractivity contribution in [2.45, 2.75) is 61.3 Å². The number of allylic oxidation sites excluding steroid dienone is 4. The van der Waals surface area contributed by atoms with E-state index in [1.807, 2.05) is 6.21 Å². The van der Waals surface area contributed by atoms with Gasteiger partial charge in [-0.15, -0.1) is 0 Å². The average molecular weight is 249 g/mol. The molecule has 0 fully saturated rings. The topological polar surface area (TPSA) is 12.4 Å². The molecule has 0 saturated carbocycles. The highest BCUT2D eigenvalue weighted by molar-refractivity contribution is 5.73. The highest BCUT2D eigenvalue weighted by Gasteiger charge is 2.15.